The second-order valence-electron chi connectivity index (χ2n) is 3.20. The fourth-order valence-corrected chi connectivity index (χ4v) is 0.976. The van der Waals surface area contributed by atoms with Crippen LogP contribution in [0.3, 0.4) is 0 Å². The summed E-state index contributed by atoms with van der Waals surface area (Å²) in [5.74, 6) is -0.105. The van der Waals surface area contributed by atoms with Gasteiger partial charge in [0.2, 0.25) is 5.91 Å². The monoisotopic (exact) mass is 190 g/mol. The minimum atomic E-state index is -0.105. The Bertz CT molecular complexity index is 342. The molecule has 0 heterocycles. The van der Waals surface area contributed by atoms with E-state index in [0.717, 1.165) is 5.56 Å². The van der Waals surface area contributed by atoms with E-state index < -0.39 is 0 Å². The zero-order chi connectivity index (χ0) is 10.6. The molecule has 1 aromatic carbocycles. The molecule has 0 saturated heterocycles. The van der Waals surface area contributed by atoms with Gasteiger partial charge in [-0.05, 0) is 5.56 Å². The van der Waals surface area contributed by atoms with Gasteiger partial charge in [0.25, 0.3) is 0 Å². The smallest absolute Gasteiger partial charge is 0.248 e. The van der Waals surface area contributed by atoms with E-state index in [0.29, 0.717) is 5.70 Å². The predicted octanol–water partition coefficient (Wildman–Crippen LogP) is 1.07. The highest BCUT2D eigenvalue weighted by Crippen LogP contribution is 2.07. The first-order valence-corrected chi connectivity index (χ1v) is 4.35. The molecule has 3 heteroatoms. The van der Waals surface area contributed by atoms with E-state index in [1.807, 2.05) is 30.3 Å². The Labute approximate surface area is 83.8 Å². The molecule has 0 bridgehead atoms. The molecular formula is C11H14N2O. The number of carbonyl (C=O) groups excluding carboxylic acids is 1. The Morgan fingerprint density at radius 1 is 1.29 bits per heavy atom. The number of benzene rings is 1. The molecule has 0 aliphatic carbocycles. The zero-order valence-corrected chi connectivity index (χ0v) is 8.40. The molecule has 0 aliphatic rings. The summed E-state index contributed by atoms with van der Waals surface area (Å²) in [5.41, 5.74) is 7.10. The van der Waals surface area contributed by atoms with Crippen LogP contribution in [-0.4, -0.2) is 24.9 Å². The van der Waals surface area contributed by atoms with Crippen molar-refractivity contribution in [1.29, 1.82) is 0 Å². The number of nitrogens with zero attached hydrogens (tertiary/aromatic N) is 1. The van der Waals surface area contributed by atoms with Gasteiger partial charge < -0.3 is 10.6 Å². The highest BCUT2D eigenvalue weighted by atomic mass is 16.2. The van der Waals surface area contributed by atoms with Crippen LogP contribution in [-0.2, 0) is 4.79 Å². The first-order valence-electron chi connectivity index (χ1n) is 4.35. The average Bonchev–Trinajstić information content (AvgIpc) is 2.19. The first-order chi connectivity index (χ1) is 6.61. The van der Waals surface area contributed by atoms with Gasteiger partial charge in [0.15, 0.2) is 0 Å². The lowest BCUT2D eigenvalue weighted by Crippen LogP contribution is -2.20. The average molecular weight is 190 g/mol. The second kappa shape index (κ2) is 4.46. The van der Waals surface area contributed by atoms with E-state index in [4.69, 9.17) is 5.73 Å². The Morgan fingerprint density at radius 3 is 2.36 bits per heavy atom. The van der Waals surface area contributed by atoms with Crippen LogP contribution >= 0.6 is 0 Å². The van der Waals surface area contributed by atoms with Gasteiger partial charge in [-0.2, -0.15) is 0 Å². The highest BCUT2D eigenvalue weighted by Gasteiger charge is 2.01. The highest BCUT2D eigenvalue weighted by molar-refractivity contribution is 5.94. The van der Waals surface area contributed by atoms with Gasteiger partial charge in [0, 0.05) is 25.9 Å². The van der Waals surface area contributed by atoms with Crippen LogP contribution in [0.2, 0.25) is 0 Å². The predicted molar refractivity (Wildman–Crippen MR) is 57.3 cm³/mol. The Morgan fingerprint density at radius 2 is 1.86 bits per heavy atom. The van der Waals surface area contributed by atoms with E-state index in [2.05, 4.69) is 0 Å². The number of hydrogen-bond acceptors (Lipinski definition) is 2. The molecule has 74 valence electrons. The molecule has 0 aromatic heterocycles. The molecule has 1 rings (SSSR count). The lowest BCUT2D eigenvalue weighted by atomic mass is 10.1. The molecule has 0 saturated carbocycles. The summed E-state index contributed by atoms with van der Waals surface area (Å²) in [4.78, 5) is 12.8. The maximum atomic E-state index is 11.3. The van der Waals surface area contributed by atoms with Crippen molar-refractivity contribution in [3.05, 3.63) is 42.0 Å². The van der Waals surface area contributed by atoms with Crippen molar-refractivity contribution in [3.8, 4) is 0 Å². The Kier molecular flexibility index (Phi) is 3.29. The van der Waals surface area contributed by atoms with E-state index in [-0.39, 0.29) is 5.91 Å². The Hall–Kier alpha value is -1.77. The van der Waals surface area contributed by atoms with Gasteiger partial charge in [0.05, 0.1) is 0 Å². The third kappa shape index (κ3) is 2.62. The first kappa shape index (κ1) is 10.3. The van der Waals surface area contributed by atoms with Crippen LogP contribution in [0.4, 0.5) is 0 Å². The molecule has 0 spiro atoms. The topological polar surface area (TPSA) is 46.3 Å². The number of likely N-dealkylation sites (N-methyl/N-ethyl adjacent to an activating group) is 1. The Balaban J connectivity index is 2.85. The molecule has 0 unspecified atom stereocenters. The van der Waals surface area contributed by atoms with Crippen LogP contribution in [0.25, 0.3) is 5.70 Å². The van der Waals surface area contributed by atoms with Gasteiger partial charge in [-0.1, -0.05) is 30.3 Å². The van der Waals surface area contributed by atoms with Crippen LogP contribution in [0.15, 0.2) is 36.4 Å². The minimum absolute atomic E-state index is 0.105. The van der Waals surface area contributed by atoms with E-state index in [9.17, 15) is 4.79 Å². The van der Waals surface area contributed by atoms with Gasteiger partial charge in [-0.3, -0.25) is 4.79 Å². The summed E-state index contributed by atoms with van der Waals surface area (Å²) >= 11 is 0. The maximum Gasteiger partial charge on any atom is 0.248 e. The maximum absolute atomic E-state index is 11.3. The van der Waals surface area contributed by atoms with E-state index in [1.54, 1.807) is 14.1 Å². The molecule has 1 amide bonds. The summed E-state index contributed by atoms with van der Waals surface area (Å²) in [7, 11) is 3.38. The fourth-order valence-electron chi connectivity index (χ4n) is 0.976. The van der Waals surface area contributed by atoms with Crippen LogP contribution < -0.4 is 5.73 Å². The second-order valence-corrected chi connectivity index (χ2v) is 3.20. The summed E-state index contributed by atoms with van der Waals surface area (Å²) in [5, 5.41) is 0. The minimum Gasteiger partial charge on any atom is -0.398 e. The van der Waals surface area contributed by atoms with Gasteiger partial charge in [-0.25, -0.2) is 0 Å². The molecule has 1 aromatic rings. The van der Waals surface area contributed by atoms with Gasteiger partial charge in [0.1, 0.15) is 0 Å². The normalized spacial score (nSPS) is 11.1. The lowest BCUT2D eigenvalue weighted by Gasteiger charge is -2.07. The molecule has 0 atom stereocenters. The van der Waals surface area contributed by atoms with Gasteiger partial charge in [-0.15, -0.1) is 0 Å². The SMILES string of the molecule is CN(C)C(=O)/C=C(/N)c1ccccc1. The molecule has 14 heavy (non-hydrogen) atoms. The van der Waals surface area contributed by atoms with Crippen LogP contribution in [0.5, 0.6) is 0 Å². The van der Waals surface area contributed by atoms with Crippen LogP contribution in [0.1, 0.15) is 5.56 Å². The van der Waals surface area contributed by atoms with E-state index in [1.165, 1.54) is 11.0 Å². The van der Waals surface area contributed by atoms with Gasteiger partial charge >= 0.3 is 0 Å². The van der Waals surface area contributed by atoms with E-state index >= 15 is 0 Å². The van der Waals surface area contributed by atoms with Crippen molar-refractivity contribution in [1.82, 2.24) is 4.90 Å². The number of nitrogens with two attached hydrogens (primary N) is 1. The van der Waals surface area contributed by atoms with Crippen molar-refractivity contribution in [2.24, 2.45) is 5.73 Å². The number of amides is 1. The lowest BCUT2D eigenvalue weighted by molar-refractivity contribution is -0.123. The fraction of sp³-hybridized carbons (Fsp3) is 0.182. The summed E-state index contributed by atoms with van der Waals surface area (Å²) in [6, 6.07) is 9.42. The van der Waals surface area contributed by atoms with Crippen molar-refractivity contribution in [3.63, 3.8) is 0 Å². The summed E-state index contributed by atoms with van der Waals surface area (Å²) in [6.45, 7) is 0. The molecule has 0 fully saturated rings. The third-order valence-electron chi connectivity index (χ3n) is 1.83. The number of carbonyl (C=O) groups is 1. The summed E-state index contributed by atoms with van der Waals surface area (Å²) in [6.07, 6.45) is 1.43. The largest absolute Gasteiger partial charge is 0.398 e. The number of hydrogen-bond donors (Lipinski definition) is 1. The molecule has 2 N–H and O–H groups in total. The molecule has 0 radical (unpaired) electrons. The number of rotatable bonds is 2. The standard InChI is InChI=1S/C11H14N2O/c1-13(2)11(14)8-10(12)9-6-4-3-5-7-9/h3-8H,12H2,1-2H3/b10-8+. The van der Waals surface area contributed by atoms with Crippen molar-refractivity contribution >= 4 is 11.6 Å². The summed E-state index contributed by atoms with van der Waals surface area (Å²) < 4.78 is 0. The van der Waals surface area contributed by atoms with Crippen molar-refractivity contribution < 1.29 is 4.79 Å². The molecule has 0 aliphatic heterocycles. The van der Waals surface area contributed by atoms with Crippen molar-refractivity contribution in [2.45, 2.75) is 0 Å². The quantitative estimate of drug-likeness (QED) is 0.709. The third-order valence-corrected chi connectivity index (χ3v) is 1.83. The van der Waals surface area contributed by atoms with Crippen LogP contribution in [0, 0.1) is 0 Å². The zero-order valence-electron chi connectivity index (χ0n) is 8.40. The molecule has 3 nitrogen and oxygen atoms in total. The van der Waals surface area contributed by atoms with Crippen molar-refractivity contribution in [2.75, 3.05) is 14.1 Å². The molecular weight excluding hydrogens is 176 g/mol.